The van der Waals surface area contributed by atoms with Crippen LogP contribution in [0.2, 0.25) is 0 Å². The third-order valence-corrected chi connectivity index (χ3v) is 3.13. The third kappa shape index (κ3) is 5.43. The van der Waals surface area contributed by atoms with Crippen LogP contribution in [0.15, 0.2) is 24.3 Å². The molecule has 1 amide bonds. The summed E-state index contributed by atoms with van der Waals surface area (Å²) in [5.74, 6) is -0.362. The van der Waals surface area contributed by atoms with E-state index in [0.29, 0.717) is 13.2 Å². The van der Waals surface area contributed by atoms with E-state index in [2.05, 4.69) is 19.1 Å². The summed E-state index contributed by atoms with van der Waals surface area (Å²) in [4.78, 5) is 24.7. The molecule has 0 unspecified atom stereocenters. The zero-order valence-electron chi connectivity index (χ0n) is 12.5. The molecule has 0 saturated heterocycles. The highest BCUT2D eigenvalue weighted by atomic mass is 16.5. The van der Waals surface area contributed by atoms with Crippen LogP contribution in [0.5, 0.6) is 0 Å². The van der Waals surface area contributed by atoms with Gasteiger partial charge in [-0.25, -0.2) is 0 Å². The molecule has 1 aromatic carbocycles. The molecule has 1 aromatic rings. The number of ether oxygens (including phenoxy) is 1. The number of carbonyl (C=O) groups excluding carboxylic acids is 2. The van der Waals surface area contributed by atoms with E-state index in [1.165, 1.54) is 5.56 Å². The second-order valence-electron chi connectivity index (χ2n) is 4.72. The Labute approximate surface area is 120 Å². The van der Waals surface area contributed by atoms with Gasteiger partial charge in [-0.15, -0.1) is 0 Å². The number of nitrogens with zero attached hydrogens (tertiary/aromatic N) is 1. The van der Waals surface area contributed by atoms with Crippen molar-refractivity contribution in [2.24, 2.45) is 0 Å². The van der Waals surface area contributed by atoms with Crippen molar-refractivity contribution in [3.05, 3.63) is 35.4 Å². The molecular weight excluding hydrogens is 254 g/mol. The quantitative estimate of drug-likeness (QED) is 0.720. The lowest BCUT2D eigenvalue weighted by atomic mass is 10.1. The summed E-state index contributed by atoms with van der Waals surface area (Å²) in [6.07, 6.45) is 1.35. The van der Waals surface area contributed by atoms with Crippen LogP contribution in [0.4, 0.5) is 0 Å². The molecular formula is C16H23NO3. The normalized spacial score (nSPS) is 10.2. The van der Waals surface area contributed by atoms with E-state index in [4.69, 9.17) is 4.74 Å². The summed E-state index contributed by atoms with van der Waals surface area (Å²) >= 11 is 0. The van der Waals surface area contributed by atoms with Crippen molar-refractivity contribution >= 4 is 11.9 Å². The van der Waals surface area contributed by atoms with Gasteiger partial charge in [0.25, 0.3) is 0 Å². The van der Waals surface area contributed by atoms with Crippen molar-refractivity contribution in [3.63, 3.8) is 0 Å². The molecule has 4 heteroatoms. The smallest absolute Gasteiger partial charge is 0.306 e. The second kappa shape index (κ2) is 8.35. The van der Waals surface area contributed by atoms with Gasteiger partial charge in [0.05, 0.1) is 13.0 Å². The lowest BCUT2D eigenvalue weighted by molar-refractivity contribution is -0.145. The maximum Gasteiger partial charge on any atom is 0.306 e. The summed E-state index contributed by atoms with van der Waals surface area (Å²) in [5, 5.41) is 0. The monoisotopic (exact) mass is 277 g/mol. The zero-order chi connectivity index (χ0) is 15.0. The number of aryl methyl sites for hydroxylation is 1. The van der Waals surface area contributed by atoms with Crippen LogP contribution in [0, 0.1) is 0 Å². The number of carbonyl (C=O) groups is 2. The van der Waals surface area contributed by atoms with E-state index in [1.54, 1.807) is 18.9 Å². The first-order chi connectivity index (χ1) is 9.56. The Morgan fingerprint density at radius 2 is 1.65 bits per heavy atom. The van der Waals surface area contributed by atoms with Gasteiger partial charge in [-0.1, -0.05) is 31.2 Å². The highest BCUT2D eigenvalue weighted by molar-refractivity contribution is 5.81. The Morgan fingerprint density at radius 1 is 1.05 bits per heavy atom. The maximum absolute atomic E-state index is 11.9. The fourth-order valence-corrected chi connectivity index (χ4v) is 1.88. The minimum Gasteiger partial charge on any atom is -0.466 e. The molecule has 0 bridgehead atoms. The van der Waals surface area contributed by atoms with E-state index in [1.807, 2.05) is 12.1 Å². The Hall–Kier alpha value is -1.84. The van der Waals surface area contributed by atoms with Gasteiger partial charge in [0.15, 0.2) is 0 Å². The lowest BCUT2D eigenvalue weighted by Gasteiger charge is -2.17. The van der Waals surface area contributed by atoms with Crippen molar-refractivity contribution in [1.82, 2.24) is 4.90 Å². The summed E-state index contributed by atoms with van der Waals surface area (Å²) in [5.41, 5.74) is 2.37. The fourth-order valence-electron chi connectivity index (χ4n) is 1.88. The highest BCUT2D eigenvalue weighted by Gasteiger charge is 2.12. The first-order valence-electron chi connectivity index (χ1n) is 7.04. The summed E-state index contributed by atoms with van der Waals surface area (Å²) in [6, 6.07) is 8.22. The predicted molar refractivity (Wildman–Crippen MR) is 78.2 cm³/mol. The number of hydrogen-bond acceptors (Lipinski definition) is 3. The Balaban J connectivity index is 2.42. The van der Waals surface area contributed by atoms with Crippen LogP contribution in [0.1, 0.15) is 37.8 Å². The topological polar surface area (TPSA) is 46.6 Å². The van der Waals surface area contributed by atoms with Crippen LogP contribution < -0.4 is 0 Å². The van der Waals surface area contributed by atoms with Gasteiger partial charge >= 0.3 is 5.97 Å². The van der Waals surface area contributed by atoms with Crippen LogP contribution in [-0.2, 0) is 27.3 Å². The molecule has 20 heavy (non-hydrogen) atoms. The number of benzene rings is 1. The number of amides is 1. The summed E-state index contributed by atoms with van der Waals surface area (Å²) < 4.78 is 4.81. The fraction of sp³-hybridized carbons (Fsp3) is 0.500. The van der Waals surface area contributed by atoms with Crippen LogP contribution >= 0.6 is 0 Å². The Bertz CT molecular complexity index is 440. The Morgan fingerprint density at radius 3 is 2.20 bits per heavy atom. The molecule has 0 aliphatic carbocycles. The van der Waals surface area contributed by atoms with Gasteiger partial charge in [0.2, 0.25) is 5.91 Å². The average molecular weight is 277 g/mol. The van der Waals surface area contributed by atoms with Gasteiger partial charge < -0.3 is 9.64 Å². The predicted octanol–water partition coefficient (Wildman–Crippen LogP) is 2.55. The van der Waals surface area contributed by atoms with Crippen molar-refractivity contribution in [3.8, 4) is 0 Å². The molecule has 4 nitrogen and oxygen atoms in total. The zero-order valence-corrected chi connectivity index (χ0v) is 12.5. The van der Waals surface area contributed by atoms with Crippen molar-refractivity contribution in [2.45, 2.75) is 39.7 Å². The van der Waals surface area contributed by atoms with Gasteiger partial charge in [0.1, 0.15) is 0 Å². The molecule has 0 aliphatic heterocycles. The molecule has 0 spiro atoms. The number of esters is 1. The molecule has 0 atom stereocenters. The van der Waals surface area contributed by atoms with Gasteiger partial charge in [-0.2, -0.15) is 0 Å². The minimum absolute atomic E-state index is 0.0439. The van der Waals surface area contributed by atoms with E-state index in [9.17, 15) is 9.59 Å². The van der Waals surface area contributed by atoms with Crippen LogP contribution in [0.25, 0.3) is 0 Å². The molecule has 0 saturated carbocycles. The number of hydrogen-bond donors (Lipinski definition) is 0. The number of rotatable bonds is 7. The van der Waals surface area contributed by atoms with Crippen molar-refractivity contribution in [2.75, 3.05) is 13.7 Å². The molecule has 110 valence electrons. The van der Waals surface area contributed by atoms with Crippen LogP contribution in [0.3, 0.4) is 0 Å². The van der Waals surface area contributed by atoms with E-state index >= 15 is 0 Å². The van der Waals surface area contributed by atoms with Crippen molar-refractivity contribution in [1.29, 1.82) is 0 Å². The first-order valence-corrected chi connectivity index (χ1v) is 7.04. The van der Waals surface area contributed by atoms with E-state index < -0.39 is 0 Å². The van der Waals surface area contributed by atoms with Gasteiger partial charge in [-0.05, 0) is 24.5 Å². The maximum atomic E-state index is 11.9. The van der Waals surface area contributed by atoms with E-state index in [-0.39, 0.29) is 24.7 Å². The second-order valence-corrected chi connectivity index (χ2v) is 4.72. The molecule has 0 fully saturated rings. The standard InChI is InChI=1S/C16H23NO3/c1-4-13-6-8-14(9-7-13)12-17(3)15(18)10-11-16(19)20-5-2/h6-9H,4-5,10-12H2,1-3H3. The largest absolute Gasteiger partial charge is 0.466 e. The average Bonchev–Trinajstić information content (AvgIpc) is 2.45. The molecule has 0 radical (unpaired) electrons. The minimum atomic E-state index is -0.318. The SMILES string of the molecule is CCOC(=O)CCC(=O)N(C)Cc1ccc(CC)cc1. The van der Waals surface area contributed by atoms with Crippen LogP contribution in [-0.4, -0.2) is 30.4 Å². The molecule has 0 heterocycles. The molecule has 1 rings (SSSR count). The summed E-state index contributed by atoms with van der Waals surface area (Å²) in [7, 11) is 1.75. The summed E-state index contributed by atoms with van der Waals surface area (Å²) in [6.45, 7) is 4.78. The molecule has 0 aromatic heterocycles. The van der Waals surface area contributed by atoms with E-state index in [0.717, 1.165) is 12.0 Å². The third-order valence-electron chi connectivity index (χ3n) is 3.13. The van der Waals surface area contributed by atoms with Crippen molar-refractivity contribution < 1.29 is 14.3 Å². The highest BCUT2D eigenvalue weighted by Crippen LogP contribution is 2.08. The molecule has 0 aliphatic rings. The Kier molecular flexibility index (Phi) is 6.77. The van der Waals surface area contributed by atoms with Gasteiger partial charge in [-0.3, -0.25) is 9.59 Å². The first kappa shape index (κ1) is 16.2. The lowest BCUT2D eigenvalue weighted by Crippen LogP contribution is -2.26. The molecule has 0 N–H and O–H groups in total. The van der Waals surface area contributed by atoms with Gasteiger partial charge in [0, 0.05) is 20.0 Å².